The molecule has 0 aromatic heterocycles. The van der Waals surface area contributed by atoms with Gasteiger partial charge in [0.15, 0.2) is 0 Å². The van der Waals surface area contributed by atoms with E-state index in [9.17, 15) is 0 Å². The summed E-state index contributed by atoms with van der Waals surface area (Å²) in [7, 11) is 1.86. The average molecular weight is 183 g/mol. The second-order valence-electron chi connectivity index (χ2n) is 4.60. The number of nitrogens with one attached hydrogen (secondary N) is 1. The van der Waals surface area contributed by atoms with Crippen LogP contribution in [0.25, 0.3) is 0 Å². The van der Waals surface area contributed by atoms with Crippen LogP contribution in [0.4, 0.5) is 0 Å². The van der Waals surface area contributed by atoms with E-state index >= 15 is 0 Å². The summed E-state index contributed by atoms with van der Waals surface area (Å²) in [4.78, 5) is 0. The van der Waals surface area contributed by atoms with E-state index in [1.165, 1.54) is 44.9 Å². The average Bonchev–Trinajstić information content (AvgIpc) is 2.56. The minimum absolute atomic E-state index is 0.211. The lowest BCUT2D eigenvalue weighted by molar-refractivity contribution is -0.0707. The van der Waals surface area contributed by atoms with E-state index < -0.39 is 0 Å². The molecule has 0 atom stereocenters. The molecule has 2 nitrogen and oxygen atoms in total. The molecule has 0 bridgehead atoms. The van der Waals surface area contributed by atoms with Crippen molar-refractivity contribution in [1.29, 1.82) is 0 Å². The van der Waals surface area contributed by atoms with Crippen LogP contribution >= 0.6 is 0 Å². The molecule has 0 unspecified atom stereocenters. The van der Waals surface area contributed by atoms with E-state index in [0.29, 0.717) is 0 Å². The van der Waals surface area contributed by atoms with E-state index in [1.54, 1.807) is 0 Å². The van der Waals surface area contributed by atoms with Gasteiger partial charge in [-0.2, -0.15) is 0 Å². The van der Waals surface area contributed by atoms with Crippen molar-refractivity contribution in [3.05, 3.63) is 0 Å². The molecular formula is C11H21NO. The zero-order valence-electron chi connectivity index (χ0n) is 8.64. The highest BCUT2D eigenvalue weighted by Crippen LogP contribution is 2.34. The minimum Gasteiger partial charge on any atom is -0.377 e. The zero-order valence-corrected chi connectivity index (χ0v) is 8.64. The summed E-state index contributed by atoms with van der Waals surface area (Å²) in [5.74, 6) is 0. The van der Waals surface area contributed by atoms with Crippen LogP contribution in [0, 0.1) is 0 Å². The molecule has 0 aromatic carbocycles. The Bertz CT molecular complexity index is 154. The molecule has 0 saturated heterocycles. The van der Waals surface area contributed by atoms with Crippen LogP contribution in [0.2, 0.25) is 0 Å². The molecule has 2 aliphatic rings. The van der Waals surface area contributed by atoms with Crippen LogP contribution in [0.15, 0.2) is 0 Å². The van der Waals surface area contributed by atoms with Gasteiger partial charge >= 0.3 is 0 Å². The van der Waals surface area contributed by atoms with Crippen LogP contribution in [0.1, 0.15) is 44.9 Å². The highest BCUT2D eigenvalue weighted by Gasteiger charge is 2.37. The van der Waals surface area contributed by atoms with Crippen molar-refractivity contribution in [3.8, 4) is 0 Å². The van der Waals surface area contributed by atoms with E-state index in [4.69, 9.17) is 4.74 Å². The predicted molar refractivity (Wildman–Crippen MR) is 53.8 cm³/mol. The highest BCUT2D eigenvalue weighted by atomic mass is 16.5. The zero-order chi connectivity index (χ0) is 9.15. The maximum Gasteiger partial charge on any atom is 0.0802 e. The standard InChI is InChI=1S/C11H21NO/c1-13-11(7-4-8-11)9-12-10-5-2-3-6-10/h10,12H,2-9H2,1H3. The third-order valence-corrected chi connectivity index (χ3v) is 3.77. The smallest absolute Gasteiger partial charge is 0.0802 e. The first-order valence-electron chi connectivity index (χ1n) is 5.63. The number of rotatable bonds is 4. The summed E-state index contributed by atoms with van der Waals surface area (Å²) in [5.41, 5.74) is 0.211. The SMILES string of the molecule is COC1(CNC2CCCC2)CCC1. The molecule has 2 rings (SSSR count). The van der Waals surface area contributed by atoms with Gasteiger partial charge in [-0.1, -0.05) is 12.8 Å². The van der Waals surface area contributed by atoms with Gasteiger partial charge in [-0.15, -0.1) is 0 Å². The van der Waals surface area contributed by atoms with Crippen LogP contribution in [-0.4, -0.2) is 25.3 Å². The van der Waals surface area contributed by atoms with Gasteiger partial charge in [-0.3, -0.25) is 0 Å². The fraction of sp³-hybridized carbons (Fsp3) is 1.00. The molecule has 0 aliphatic heterocycles. The molecule has 2 aliphatic carbocycles. The first kappa shape index (κ1) is 9.47. The highest BCUT2D eigenvalue weighted by molar-refractivity contribution is 4.92. The topological polar surface area (TPSA) is 21.3 Å². The molecule has 0 heterocycles. The Morgan fingerprint density at radius 2 is 1.92 bits per heavy atom. The van der Waals surface area contributed by atoms with Crippen LogP contribution < -0.4 is 5.32 Å². The van der Waals surface area contributed by atoms with E-state index in [0.717, 1.165) is 12.6 Å². The van der Waals surface area contributed by atoms with Crippen molar-refractivity contribution in [3.63, 3.8) is 0 Å². The summed E-state index contributed by atoms with van der Waals surface area (Å²) >= 11 is 0. The lowest BCUT2D eigenvalue weighted by atomic mass is 9.80. The molecule has 0 aromatic rings. The Labute approximate surface area is 81.0 Å². The Morgan fingerprint density at radius 3 is 2.38 bits per heavy atom. The fourth-order valence-corrected chi connectivity index (χ4v) is 2.48. The van der Waals surface area contributed by atoms with Crippen LogP contribution in [-0.2, 0) is 4.74 Å². The second-order valence-corrected chi connectivity index (χ2v) is 4.60. The van der Waals surface area contributed by atoms with Gasteiger partial charge in [0.25, 0.3) is 0 Å². The summed E-state index contributed by atoms with van der Waals surface area (Å²) in [6.45, 7) is 1.08. The third kappa shape index (κ3) is 2.05. The molecule has 76 valence electrons. The maximum absolute atomic E-state index is 5.57. The fourth-order valence-electron chi connectivity index (χ4n) is 2.48. The van der Waals surface area contributed by atoms with Crippen molar-refractivity contribution in [2.45, 2.75) is 56.6 Å². The number of hydrogen-bond donors (Lipinski definition) is 1. The Balaban J connectivity index is 1.71. The van der Waals surface area contributed by atoms with Crippen molar-refractivity contribution in [2.75, 3.05) is 13.7 Å². The van der Waals surface area contributed by atoms with E-state index in [2.05, 4.69) is 5.32 Å². The molecule has 0 radical (unpaired) electrons. The van der Waals surface area contributed by atoms with Crippen LogP contribution in [0.3, 0.4) is 0 Å². The van der Waals surface area contributed by atoms with Gasteiger partial charge in [-0.05, 0) is 32.1 Å². The van der Waals surface area contributed by atoms with E-state index in [-0.39, 0.29) is 5.60 Å². The van der Waals surface area contributed by atoms with E-state index in [1.807, 2.05) is 7.11 Å². The van der Waals surface area contributed by atoms with Gasteiger partial charge in [0.1, 0.15) is 0 Å². The minimum atomic E-state index is 0.211. The maximum atomic E-state index is 5.57. The summed E-state index contributed by atoms with van der Waals surface area (Å²) < 4.78 is 5.57. The number of ether oxygens (including phenoxy) is 1. The summed E-state index contributed by atoms with van der Waals surface area (Å²) in [5, 5.41) is 3.65. The largest absolute Gasteiger partial charge is 0.377 e. The lowest BCUT2D eigenvalue weighted by Crippen LogP contribution is -2.49. The summed E-state index contributed by atoms with van der Waals surface area (Å²) in [6.07, 6.45) is 9.43. The molecule has 2 heteroatoms. The number of hydrogen-bond acceptors (Lipinski definition) is 2. The van der Waals surface area contributed by atoms with Gasteiger partial charge in [-0.25, -0.2) is 0 Å². The van der Waals surface area contributed by atoms with Gasteiger partial charge in [0, 0.05) is 19.7 Å². The predicted octanol–water partition coefficient (Wildman–Crippen LogP) is 2.09. The first-order valence-corrected chi connectivity index (χ1v) is 5.63. The number of methoxy groups -OCH3 is 1. The first-order chi connectivity index (χ1) is 6.35. The monoisotopic (exact) mass is 183 g/mol. The molecule has 13 heavy (non-hydrogen) atoms. The summed E-state index contributed by atoms with van der Waals surface area (Å²) in [6, 6.07) is 0.785. The second kappa shape index (κ2) is 3.97. The van der Waals surface area contributed by atoms with Crippen molar-refractivity contribution < 1.29 is 4.74 Å². The molecule has 2 saturated carbocycles. The molecule has 0 spiro atoms. The Hall–Kier alpha value is -0.0800. The molecule has 0 amide bonds. The lowest BCUT2D eigenvalue weighted by Gasteiger charge is -2.41. The Kier molecular flexibility index (Phi) is 2.89. The van der Waals surface area contributed by atoms with Crippen molar-refractivity contribution in [1.82, 2.24) is 5.32 Å². The third-order valence-electron chi connectivity index (χ3n) is 3.77. The van der Waals surface area contributed by atoms with Crippen LogP contribution in [0.5, 0.6) is 0 Å². The van der Waals surface area contributed by atoms with Gasteiger partial charge < -0.3 is 10.1 Å². The normalized spacial score (nSPS) is 27.5. The van der Waals surface area contributed by atoms with Gasteiger partial charge in [0.2, 0.25) is 0 Å². The Morgan fingerprint density at radius 1 is 1.23 bits per heavy atom. The molecule has 2 fully saturated rings. The van der Waals surface area contributed by atoms with Crippen molar-refractivity contribution in [2.24, 2.45) is 0 Å². The molecular weight excluding hydrogens is 162 g/mol. The van der Waals surface area contributed by atoms with Crippen molar-refractivity contribution >= 4 is 0 Å². The molecule has 1 N–H and O–H groups in total. The van der Waals surface area contributed by atoms with Gasteiger partial charge in [0.05, 0.1) is 5.60 Å². The quantitative estimate of drug-likeness (QED) is 0.720.